The fourth-order valence-corrected chi connectivity index (χ4v) is 14.0. The normalized spacial score (nSPS) is 12.2. The first kappa shape index (κ1) is 42.4. The van der Waals surface area contributed by atoms with Crippen molar-refractivity contribution in [2.45, 2.75) is 0 Å². The van der Waals surface area contributed by atoms with Crippen LogP contribution >= 0.6 is 11.3 Å². The molecule has 0 atom stereocenters. The predicted octanol–water partition coefficient (Wildman–Crippen LogP) is 19.8. The van der Waals surface area contributed by atoms with E-state index in [-0.39, 0.29) is 0 Å². The second kappa shape index (κ2) is 16.3. The molecule has 0 amide bonds. The average Bonchev–Trinajstić information content (AvgIpc) is 4.47. The molecule has 0 radical (unpaired) electrons. The van der Waals surface area contributed by atoms with Gasteiger partial charge in [0.1, 0.15) is 0 Å². The highest BCUT2D eigenvalue weighted by atomic mass is 32.1. The Balaban J connectivity index is 0.868. The number of hydrogen-bond donors (Lipinski definition) is 0. The van der Waals surface area contributed by atoms with Crippen LogP contribution in [0.15, 0.2) is 267 Å². The lowest BCUT2D eigenvalue weighted by Crippen LogP contribution is -1.94. The molecule has 0 saturated carbocycles. The number of aromatic nitrogens is 4. The summed E-state index contributed by atoms with van der Waals surface area (Å²) in [4.78, 5) is 0. The molecule has 358 valence electrons. The molecule has 0 N–H and O–H groups in total. The molecule has 0 unspecified atom stereocenters. The van der Waals surface area contributed by atoms with Gasteiger partial charge >= 0.3 is 0 Å². The Hall–Kier alpha value is -9.94. The largest absolute Gasteiger partial charge is 0.309 e. The van der Waals surface area contributed by atoms with E-state index in [1.54, 1.807) is 0 Å². The summed E-state index contributed by atoms with van der Waals surface area (Å²) < 4.78 is 12.3. The number of para-hydroxylation sites is 6. The zero-order valence-corrected chi connectivity index (χ0v) is 42.4. The fourth-order valence-electron chi connectivity index (χ4n) is 12.9. The van der Waals surface area contributed by atoms with Crippen molar-refractivity contribution in [3.05, 3.63) is 267 Å². The minimum atomic E-state index is 1.14. The number of benzene rings is 12. The van der Waals surface area contributed by atoms with E-state index in [9.17, 15) is 0 Å². The predicted molar refractivity (Wildman–Crippen MR) is 328 cm³/mol. The monoisotopic (exact) mass is 996 g/mol. The van der Waals surface area contributed by atoms with E-state index in [2.05, 4.69) is 285 Å². The molecule has 12 aromatic carbocycles. The zero-order valence-electron chi connectivity index (χ0n) is 41.6. The van der Waals surface area contributed by atoms with Crippen LogP contribution in [0.5, 0.6) is 0 Å². The van der Waals surface area contributed by atoms with Crippen molar-refractivity contribution in [1.82, 2.24) is 18.3 Å². The van der Waals surface area contributed by atoms with Crippen LogP contribution < -0.4 is 0 Å². The molecule has 0 spiro atoms. The minimum Gasteiger partial charge on any atom is -0.309 e. The second-order valence-electron chi connectivity index (χ2n) is 20.5. The van der Waals surface area contributed by atoms with Crippen molar-refractivity contribution in [3.63, 3.8) is 0 Å². The molecule has 0 bridgehead atoms. The van der Waals surface area contributed by atoms with Crippen molar-refractivity contribution in [3.8, 4) is 45.0 Å². The SMILES string of the molecule is c1ccc(-n2c3ccccc3c3cc(-c4ccc5c(c4)c4cc(-c6ccc7c(c6)c6ccccc6n7-c6ccccc6)ccc4n5-c4ccc5sc6ccc(-n7c8ccccc8c8ccccc87)cc6c5c4)ccc32)cc1. The Labute approximate surface area is 446 Å². The maximum absolute atomic E-state index is 2.49. The third-order valence-electron chi connectivity index (χ3n) is 16.3. The lowest BCUT2D eigenvalue weighted by Gasteiger charge is -2.10. The van der Waals surface area contributed by atoms with Crippen LogP contribution in [0, 0.1) is 0 Å². The summed E-state index contributed by atoms with van der Waals surface area (Å²) >= 11 is 1.87. The number of hydrogen-bond acceptors (Lipinski definition) is 1. The molecule has 77 heavy (non-hydrogen) atoms. The van der Waals surface area contributed by atoms with Gasteiger partial charge in [-0.05, 0) is 156 Å². The van der Waals surface area contributed by atoms with Crippen molar-refractivity contribution >= 4 is 119 Å². The smallest absolute Gasteiger partial charge is 0.0541 e. The fraction of sp³-hybridized carbons (Fsp3) is 0. The molecular formula is C72H44N4S. The molecule has 17 rings (SSSR count). The van der Waals surface area contributed by atoms with E-state index in [1.807, 2.05) is 11.3 Å². The standard InChI is InChI=1S/C72H44N4S/c1-3-15-49(16-4-1)73-65-25-13-9-21-55(65)57-39-45(27-33-67(57)73)47-29-35-69-59(41-47)60-42-48(46-28-34-68-58(40-46)56-22-10-14-26-66(56)74(68)50-17-5-2-6-18-50)30-36-70(60)76(69)52-32-38-72-62(44-52)61-43-51(31-37-71(61)77-72)75-63-23-11-7-19-53(63)54-20-8-12-24-64(54)75/h1-44H. The molecule has 17 aromatic rings. The first-order valence-corrected chi connectivity index (χ1v) is 27.2. The number of fused-ring (bicyclic) bond motifs is 15. The summed E-state index contributed by atoms with van der Waals surface area (Å²) in [7, 11) is 0. The zero-order chi connectivity index (χ0) is 50.3. The Bertz CT molecular complexity index is 5010. The molecule has 0 aliphatic carbocycles. The third-order valence-corrected chi connectivity index (χ3v) is 17.5. The summed E-state index contributed by atoms with van der Waals surface area (Å²) in [5, 5.41) is 12.5. The van der Waals surface area contributed by atoms with E-state index < -0.39 is 0 Å². The number of rotatable bonds is 6. The summed E-state index contributed by atoms with van der Waals surface area (Å²) in [6, 6.07) is 98.9. The Morgan fingerprint density at radius 3 is 0.805 bits per heavy atom. The third kappa shape index (κ3) is 6.26. The van der Waals surface area contributed by atoms with E-state index >= 15 is 0 Å². The van der Waals surface area contributed by atoms with Crippen molar-refractivity contribution in [2.75, 3.05) is 0 Å². The molecule has 4 nitrogen and oxygen atoms in total. The molecule has 5 heterocycles. The highest BCUT2D eigenvalue weighted by Crippen LogP contribution is 2.44. The molecule has 5 aromatic heterocycles. The summed E-state index contributed by atoms with van der Waals surface area (Å²) in [6.07, 6.45) is 0. The maximum Gasteiger partial charge on any atom is 0.0541 e. The molecule has 5 heteroatoms. The molecule has 0 fully saturated rings. The number of nitrogens with zero attached hydrogens (tertiary/aromatic N) is 4. The Kier molecular flexibility index (Phi) is 8.97. The van der Waals surface area contributed by atoms with Gasteiger partial charge in [-0.3, -0.25) is 0 Å². The van der Waals surface area contributed by atoms with Crippen LogP contribution in [-0.4, -0.2) is 18.3 Å². The first-order chi connectivity index (χ1) is 38.2. The average molecular weight is 997 g/mol. The lowest BCUT2D eigenvalue weighted by atomic mass is 9.98. The second-order valence-corrected chi connectivity index (χ2v) is 21.6. The van der Waals surface area contributed by atoms with Crippen LogP contribution in [0.25, 0.3) is 152 Å². The van der Waals surface area contributed by atoms with E-state index in [0.717, 1.165) is 17.1 Å². The van der Waals surface area contributed by atoms with Gasteiger partial charge in [0.05, 0.1) is 44.1 Å². The van der Waals surface area contributed by atoms with Crippen LogP contribution in [0.2, 0.25) is 0 Å². The van der Waals surface area contributed by atoms with Crippen molar-refractivity contribution in [2.24, 2.45) is 0 Å². The summed E-state index contributed by atoms with van der Waals surface area (Å²) in [6.45, 7) is 0. The van der Waals surface area contributed by atoms with Gasteiger partial charge in [0.15, 0.2) is 0 Å². The molecule has 0 aliphatic heterocycles. The molecular weight excluding hydrogens is 953 g/mol. The Morgan fingerprint density at radius 1 is 0.182 bits per heavy atom. The summed E-state index contributed by atoms with van der Waals surface area (Å²) in [5.74, 6) is 0. The van der Waals surface area contributed by atoms with E-state index in [1.165, 1.54) is 135 Å². The Morgan fingerprint density at radius 2 is 0.455 bits per heavy atom. The highest BCUT2D eigenvalue weighted by Gasteiger charge is 2.20. The van der Waals surface area contributed by atoms with Crippen LogP contribution in [0.4, 0.5) is 0 Å². The van der Waals surface area contributed by atoms with Crippen LogP contribution in [0.3, 0.4) is 0 Å². The quantitative estimate of drug-likeness (QED) is 0.158. The van der Waals surface area contributed by atoms with Crippen molar-refractivity contribution in [1.29, 1.82) is 0 Å². The summed E-state index contributed by atoms with van der Waals surface area (Å²) in [5.41, 5.74) is 19.0. The van der Waals surface area contributed by atoms with E-state index in [4.69, 9.17) is 0 Å². The van der Waals surface area contributed by atoms with Gasteiger partial charge in [0.2, 0.25) is 0 Å². The number of thiophene rings is 1. The van der Waals surface area contributed by atoms with Gasteiger partial charge in [-0.25, -0.2) is 0 Å². The highest BCUT2D eigenvalue weighted by molar-refractivity contribution is 7.25. The van der Waals surface area contributed by atoms with Gasteiger partial charge in [0.25, 0.3) is 0 Å². The van der Waals surface area contributed by atoms with Crippen LogP contribution in [-0.2, 0) is 0 Å². The van der Waals surface area contributed by atoms with Crippen molar-refractivity contribution < 1.29 is 0 Å². The van der Waals surface area contributed by atoms with Gasteiger partial charge < -0.3 is 18.3 Å². The molecule has 0 aliphatic rings. The van der Waals surface area contributed by atoms with Crippen LogP contribution in [0.1, 0.15) is 0 Å². The minimum absolute atomic E-state index is 1.14. The topological polar surface area (TPSA) is 19.7 Å². The maximum atomic E-state index is 2.49. The van der Waals surface area contributed by atoms with Gasteiger partial charge in [-0.2, -0.15) is 0 Å². The molecule has 0 saturated heterocycles. The van der Waals surface area contributed by atoms with Gasteiger partial charge in [-0.1, -0.05) is 133 Å². The van der Waals surface area contributed by atoms with Gasteiger partial charge in [0, 0.05) is 86.0 Å². The lowest BCUT2D eigenvalue weighted by molar-refractivity contribution is 1.18. The first-order valence-electron chi connectivity index (χ1n) is 26.4. The van der Waals surface area contributed by atoms with E-state index in [0.29, 0.717) is 0 Å². The van der Waals surface area contributed by atoms with Gasteiger partial charge in [-0.15, -0.1) is 11.3 Å².